The van der Waals surface area contributed by atoms with E-state index in [1.165, 1.54) is 12.8 Å². The van der Waals surface area contributed by atoms with Crippen molar-refractivity contribution < 1.29 is 9.47 Å². The van der Waals surface area contributed by atoms with Crippen LogP contribution in [0.15, 0.2) is 12.1 Å². The topological polar surface area (TPSA) is 30.5 Å². The average Bonchev–Trinajstić information content (AvgIpc) is 3.23. The molecule has 0 spiro atoms. The molecule has 1 aromatic rings. The van der Waals surface area contributed by atoms with Crippen LogP contribution in [0.3, 0.4) is 0 Å². The second-order valence-corrected chi connectivity index (χ2v) is 6.71. The van der Waals surface area contributed by atoms with E-state index in [-0.39, 0.29) is 5.54 Å². The number of ether oxygens (including phenoxy) is 2. The second kappa shape index (κ2) is 5.45. The molecule has 0 atom stereocenters. The van der Waals surface area contributed by atoms with Gasteiger partial charge in [0.1, 0.15) is 0 Å². The molecule has 20 heavy (non-hydrogen) atoms. The molecule has 1 aliphatic carbocycles. The Morgan fingerprint density at radius 1 is 1.25 bits per heavy atom. The van der Waals surface area contributed by atoms with E-state index in [0.29, 0.717) is 24.0 Å². The van der Waals surface area contributed by atoms with Crippen LogP contribution < -0.4 is 14.8 Å². The van der Waals surface area contributed by atoms with E-state index in [1.54, 1.807) is 0 Å². The highest BCUT2D eigenvalue weighted by Gasteiger charge is 2.37. The molecule has 0 unspecified atom stereocenters. The number of hydrogen-bond donors (Lipinski definition) is 1. The summed E-state index contributed by atoms with van der Waals surface area (Å²) in [6.07, 6.45) is 3.57. The summed E-state index contributed by atoms with van der Waals surface area (Å²) < 4.78 is 11.4. The molecule has 0 aromatic heterocycles. The lowest BCUT2D eigenvalue weighted by Crippen LogP contribution is -2.40. The Labute approximate surface area is 125 Å². The monoisotopic (exact) mass is 295 g/mol. The molecule has 3 rings (SSSR count). The van der Waals surface area contributed by atoms with Crippen molar-refractivity contribution in [3.63, 3.8) is 0 Å². The minimum Gasteiger partial charge on any atom is -0.489 e. The maximum Gasteiger partial charge on any atom is 0.179 e. The van der Waals surface area contributed by atoms with Crippen molar-refractivity contribution in [3.05, 3.63) is 22.7 Å². The molecule has 1 N–H and O–H groups in total. The predicted octanol–water partition coefficient (Wildman–Crippen LogP) is 3.78. The van der Waals surface area contributed by atoms with Gasteiger partial charge >= 0.3 is 0 Å². The van der Waals surface area contributed by atoms with Gasteiger partial charge in [0.15, 0.2) is 11.5 Å². The summed E-state index contributed by atoms with van der Waals surface area (Å²) in [6.45, 7) is 6.71. The maximum atomic E-state index is 6.31. The molecule has 0 radical (unpaired) electrons. The van der Waals surface area contributed by atoms with Crippen LogP contribution in [0.25, 0.3) is 0 Å². The Morgan fingerprint density at radius 3 is 2.75 bits per heavy atom. The van der Waals surface area contributed by atoms with Crippen LogP contribution in [-0.2, 0) is 6.54 Å². The van der Waals surface area contributed by atoms with Gasteiger partial charge in [-0.1, -0.05) is 11.6 Å². The van der Waals surface area contributed by atoms with E-state index in [1.807, 2.05) is 12.1 Å². The third kappa shape index (κ3) is 3.04. The highest BCUT2D eigenvalue weighted by atomic mass is 35.5. The minimum absolute atomic E-state index is 0.191. The van der Waals surface area contributed by atoms with Crippen molar-refractivity contribution in [3.8, 4) is 11.5 Å². The zero-order valence-electron chi connectivity index (χ0n) is 12.2. The molecule has 1 saturated carbocycles. The van der Waals surface area contributed by atoms with Gasteiger partial charge < -0.3 is 14.8 Å². The molecule has 110 valence electrons. The van der Waals surface area contributed by atoms with Crippen LogP contribution in [0.1, 0.15) is 38.7 Å². The van der Waals surface area contributed by atoms with Crippen LogP contribution in [-0.4, -0.2) is 18.8 Å². The molecule has 1 fully saturated rings. The first kappa shape index (κ1) is 14.0. The SMILES string of the molecule is CC(C)(NCc1cc(Cl)c2c(c1)OCCCO2)C1CC1. The molecule has 1 aromatic carbocycles. The van der Waals surface area contributed by atoms with E-state index in [4.69, 9.17) is 21.1 Å². The molecule has 0 bridgehead atoms. The average molecular weight is 296 g/mol. The maximum absolute atomic E-state index is 6.31. The molecular weight excluding hydrogens is 274 g/mol. The Hall–Kier alpha value is -0.930. The van der Waals surface area contributed by atoms with Gasteiger partial charge in [-0.05, 0) is 50.3 Å². The van der Waals surface area contributed by atoms with Gasteiger partial charge in [-0.25, -0.2) is 0 Å². The smallest absolute Gasteiger partial charge is 0.179 e. The van der Waals surface area contributed by atoms with E-state index in [9.17, 15) is 0 Å². The zero-order chi connectivity index (χ0) is 14.2. The lowest BCUT2D eigenvalue weighted by atomic mass is 9.98. The summed E-state index contributed by atoms with van der Waals surface area (Å²) in [6, 6.07) is 4.02. The lowest BCUT2D eigenvalue weighted by molar-refractivity contribution is 0.297. The van der Waals surface area contributed by atoms with Gasteiger partial charge in [0.05, 0.1) is 18.2 Å². The van der Waals surface area contributed by atoms with Gasteiger partial charge in [0.25, 0.3) is 0 Å². The number of nitrogens with one attached hydrogen (secondary N) is 1. The lowest BCUT2D eigenvalue weighted by Gasteiger charge is -2.26. The van der Waals surface area contributed by atoms with Crippen molar-refractivity contribution in [1.82, 2.24) is 5.32 Å². The molecule has 0 amide bonds. The molecule has 4 heteroatoms. The summed E-state index contributed by atoms with van der Waals surface area (Å²) in [5, 5.41) is 4.28. The number of benzene rings is 1. The van der Waals surface area contributed by atoms with Crippen molar-refractivity contribution in [2.24, 2.45) is 5.92 Å². The van der Waals surface area contributed by atoms with Crippen LogP contribution in [0.5, 0.6) is 11.5 Å². The van der Waals surface area contributed by atoms with Gasteiger partial charge in [-0.15, -0.1) is 0 Å². The Morgan fingerprint density at radius 2 is 2.00 bits per heavy atom. The normalized spacial score (nSPS) is 18.8. The highest BCUT2D eigenvalue weighted by Crippen LogP contribution is 2.40. The molecule has 2 aliphatic rings. The number of fused-ring (bicyclic) bond motifs is 1. The largest absolute Gasteiger partial charge is 0.489 e. The third-order valence-electron chi connectivity index (χ3n) is 4.21. The first-order valence-electron chi connectivity index (χ1n) is 7.39. The first-order chi connectivity index (χ1) is 9.56. The second-order valence-electron chi connectivity index (χ2n) is 6.30. The number of rotatable bonds is 4. The third-order valence-corrected chi connectivity index (χ3v) is 4.49. The predicted molar refractivity (Wildman–Crippen MR) is 80.7 cm³/mol. The van der Waals surface area contributed by atoms with Gasteiger partial charge in [0, 0.05) is 18.5 Å². The summed E-state index contributed by atoms with van der Waals surface area (Å²) in [4.78, 5) is 0. The summed E-state index contributed by atoms with van der Waals surface area (Å²) >= 11 is 6.31. The molecular formula is C16H22ClNO2. The zero-order valence-corrected chi connectivity index (χ0v) is 12.9. The van der Waals surface area contributed by atoms with E-state index in [0.717, 1.165) is 30.2 Å². The van der Waals surface area contributed by atoms with Crippen LogP contribution in [0.4, 0.5) is 0 Å². The van der Waals surface area contributed by atoms with Crippen molar-refractivity contribution in [2.45, 2.75) is 45.2 Å². The molecule has 0 saturated heterocycles. The molecule has 3 nitrogen and oxygen atoms in total. The standard InChI is InChI=1S/C16H22ClNO2/c1-16(2,12-4-5-12)18-10-11-8-13(17)15-14(9-11)19-6-3-7-20-15/h8-9,12,18H,3-7,10H2,1-2H3. The van der Waals surface area contributed by atoms with Crippen molar-refractivity contribution in [1.29, 1.82) is 0 Å². The fraction of sp³-hybridized carbons (Fsp3) is 0.625. The minimum atomic E-state index is 0.191. The van der Waals surface area contributed by atoms with Crippen LogP contribution >= 0.6 is 11.6 Å². The fourth-order valence-electron chi connectivity index (χ4n) is 2.67. The quantitative estimate of drug-likeness (QED) is 0.917. The summed E-state index contributed by atoms with van der Waals surface area (Å²) in [5.41, 5.74) is 1.34. The van der Waals surface area contributed by atoms with E-state index in [2.05, 4.69) is 19.2 Å². The molecule has 1 aliphatic heterocycles. The van der Waals surface area contributed by atoms with E-state index < -0.39 is 0 Å². The van der Waals surface area contributed by atoms with Crippen LogP contribution in [0.2, 0.25) is 5.02 Å². The Balaban J connectivity index is 1.73. The highest BCUT2D eigenvalue weighted by molar-refractivity contribution is 6.32. The van der Waals surface area contributed by atoms with E-state index >= 15 is 0 Å². The first-order valence-corrected chi connectivity index (χ1v) is 7.77. The number of hydrogen-bond acceptors (Lipinski definition) is 3. The summed E-state index contributed by atoms with van der Waals surface area (Å²) in [5.74, 6) is 2.27. The van der Waals surface area contributed by atoms with Crippen molar-refractivity contribution in [2.75, 3.05) is 13.2 Å². The summed E-state index contributed by atoms with van der Waals surface area (Å²) in [7, 11) is 0. The van der Waals surface area contributed by atoms with Crippen LogP contribution in [0, 0.1) is 5.92 Å². The van der Waals surface area contributed by atoms with Crippen molar-refractivity contribution >= 4 is 11.6 Å². The van der Waals surface area contributed by atoms with Gasteiger partial charge in [-0.3, -0.25) is 0 Å². The molecule has 1 heterocycles. The van der Waals surface area contributed by atoms with Gasteiger partial charge in [0.2, 0.25) is 0 Å². The Bertz CT molecular complexity index is 497. The van der Waals surface area contributed by atoms with Gasteiger partial charge in [-0.2, -0.15) is 0 Å². The fourth-order valence-corrected chi connectivity index (χ4v) is 2.95. The number of halogens is 1. The Kier molecular flexibility index (Phi) is 3.83.